The molecule has 3 rings (SSSR count). The number of aromatic nitrogens is 2. The van der Waals surface area contributed by atoms with Crippen LogP contribution in [0.1, 0.15) is 34.6 Å². The summed E-state index contributed by atoms with van der Waals surface area (Å²) in [5.41, 5.74) is 2.52. The van der Waals surface area contributed by atoms with Crippen molar-refractivity contribution in [2.75, 3.05) is 6.54 Å². The summed E-state index contributed by atoms with van der Waals surface area (Å²) in [6, 6.07) is 16.1. The standard InChI is InChI=1S/C23H26N4O4S2/c1-15-20(22(29)27-23(26-15)32-16(2)18-6-4-3-5-7-18)14-21(28)25-13-12-17-8-10-19(11-9-17)33(24,30)31/h3-11,16H,12-14H2,1-2H3,(H,25,28)(H2,24,30,31)(H,26,27,29). The quantitative estimate of drug-likeness (QED) is 0.314. The Hall–Kier alpha value is -2.95. The van der Waals surface area contributed by atoms with Gasteiger partial charge in [-0.3, -0.25) is 9.59 Å². The molecule has 0 spiro atoms. The molecule has 1 heterocycles. The molecule has 0 aliphatic heterocycles. The van der Waals surface area contributed by atoms with Crippen LogP contribution >= 0.6 is 11.8 Å². The van der Waals surface area contributed by atoms with Crippen molar-refractivity contribution < 1.29 is 13.2 Å². The van der Waals surface area contributed by atoms with Gasteiger partial charge in [0.2, 0.25) is 15.9 Å². The fourth-order valence-corrected chi connectivity index (χ4v) is 4.71. The second-order valence-electron chi connectivity index (χ2n) is 7.57. The predicted octanol–water partition coefficient (Wildman–Crippen LogP) is 2.48. The van der Waals surface area contributed by atoms with Crippen LogP contribution in [-0.4, -0.2) is 30.8 Å². The second kappa shape index (κ2) is 10.8. The predicted molar refractivity (Wildman–Crippen MR) is 129 cm³/mol. The number of aromatic amines is 1. The average molecular weight is 487 g/mol. The van der Waals surface area contributed by atoms with Gasteiger partial charge in [0, 0.05) is 23.1 Å². The van der Waals surface area contributed by atoms with E-state index in [9.17, 15) is 18.0 Å². The molecule has 33 heavy (non-hydrogen) atoms. The highest BCUT2D eigenvalue weighted by Gasteiger charge is 2.15. The maximum Gasteiger partial charge on any atom is 0.255 e. The minimum absolute atomic E-state index is 0.0391. The van der Waals surface area contributed by atoms with Crippen LogP contribution in [0.5, 0.6) is 0 Å². The first-order valence-corrected chi connectivity index (χ1v) is 12.8. The highest BCUT2D eigenvalue weighted by molar-refractivity contribution is 7.99. The summed E-state index contributed by atoms with van der Waals surface area (Å²) in [6.07, 6.45) is 0.439. The zero-order valence-electron chi connectivity index (χ0n) is 18.4. The average Bonchev–Trinajstić information content (AvgIpc) is 2.76. The van der Waals surface area contributed by atoms with Gasteiger partial charge in [0.1, 0.15) is 0 Å². The van der Waals surface area contributed by atoms with Crippen LogP contribution in [0.15, 0.2) is 69.4 Å². The summed E-state index contributed by atoms with van der Waals surface area (Å²) in [7, 11) is -3.73. The van der Waals surface area contributed by atoms with Crippen LogP contribution in [0, 0.1) is 6.92 Å². The molecule has 1 aromatic heterocycles. The van der Waals surface area contributed by atoms with Crippen LogP contribution in [0.2, 0.25) is 0 Å². The molecule has 2 aromatic carbocycles. The molecule has 1 atom stereocenters. The van der Waals surface area contributed by atoms with Gasteiger partial charge in [0.15, 0.2) is 5.16 Å². The first-order valence-electron chi connectivity index (χ1n) is 10.3. The number of H-pyrrole nitrogens is 1. The molecule has 3 aromatic rings. The van der Waals surface area contributed by atoms with Gasteiger partial charge in [-0.1, -0.05) is 54.2 Å². The summed E-state index contributed by atoms with van der Waals surface area (Å²) in [4.78, 5) is 32.2. The molecule has 0 bridgehead atoms. The number of hydrogen-bond acceptors (Lipinski definition) is 6. The van der Waals surface area contributed by atoms with Gasteiger partial charge < -0.3 is 10.3 Å². The number of hydrogen-bond donors (Lipinski definition) is 3. The molecule has 0 aliphatic rings. The van der Waals surface area contributed by atoms with Gasteiger partial charge in [0.05, 0.1) is 11.3 Å². The van der Waals surface area contributed by atoms with E-state index in [1.807, 2.05) is 37.3 Å². The molecule has 0 radical (unpaired) electrons. The van der Waals surface area contributed by atoms with E-state index in [1.54, 1.807) is 19.1 Å². The third-order valence-corrected chi connectivity index (χ3v) is 7.05. The Kier molecular flexibility index (Phi) is 8.06. The van der Waals surface area contributed by atoms with Crippen molar-refractivity contribution in [2.45, 2.75) is 42.0 Å². The third kappa shape index (κ3) is 7.01. The number of rotatable bonds is 9. The number of amides is 1. The lowest BCUT2D eigenvalue weighted by Crippen LogP contribution is -2.30. The second-order valence-corrected chi connectivity index (χ2v) is 10.5. The van der Waals surface area contributed by atoms with E-state index in [1.165, 1.54) is 23.9 Å². The largest absolute Gasteiger partial charge is 0.355 e. The Morgan fingerprint density at radius 2 is 1.82 bits per heavy atom. The van der Waals surface area contributed by atoms with Gasteiger partial charge in [-0.05, 0) is 43.5 Å². The Morgan fingerprint density at radius 3 is 2.42 bits per heavy atom. The summed E-state index contributed by atoms with van der Waals surface area (Å²) in [5.74, 6) is -0.287. The Morgan fingerprint density at radius 1 is 1.15 bits per heavy atom. The Balaban J connectivity index is 1.55. The number of nitrogens with zero attached hydrogens (tertiary/aromatic N) is 1. The Labute approximate surface area is 197 Å². The van der Waals surface area contributed by atoms with Crippen LogP contribution in [0.4, 0.5) is 0 Å². The van der Waals surface area contributed by atoms with Crippen molar-refractivity contribution in [3.63, 3.8) is 0 Å². The molecule has 10 heteroatoms. The maximum atomic E-state index is 12.6. The molecule has 8 nitrogen and oxygen atoms in total. The van der Waals surface area contributed by atoms with E-state index in [-0.39, 0.29) is 28.0 Å². The highest BCUT2D eigenvalue weighted by Crippen LogP contribution is 2.32. The number of benzene rings is 2. The smallest absolute Gasteiger partial charge is 0.255 e. The number of carbonyl (C=O) groups is 1. The van der Waals surface area contributed by atoms with Gasteiger partial charge in [-0.2, -0.15) is 0 Å². The molecule has 0 saturated carbocycles. The maximum absolute atomic E-state index is 12.6. The zero-order valence-corrected chi connectivity index (χ0v) is 20.0. The van der Waals surface area contributed by atoms with Gasteiger partial charge >= 0.3 is 0 Å². The van der Waals surface area contributed by atoms with E-state index in [2.05, 4.69) is 15.3 Å². The number of nitrogens with one attached hydrogen (secondary N) is 2. The molecule has 0 fully saturated rings. The topological polar surface area (TPSA) is 135 Å². The van der Waals surface area contributed by atoms with Crippen molar-refractivity contribution in [1.29, 1.82) is 0 Å². The van der Waals surface area contributed by atoms with Crippen molar-refractivity contribution in [3.8, 4) is 0 Å². The molecule has 1 unspecified atom stereocenters. The number of carbonyl (C=O) groups excluding carboxylic acids is 1. The summed E-state index contributed by atoms with van der Waals surface area (Å²) < 4.78 is 22.6. The fraction of sp³-hybridized carbons (Fsp3) is 0.261. The molecule has 0 aliphatic carbocycles. The third-order valence-electron chi connectivity index (χ3n) is 5.08. The van der Waals surface area contributed by atoms with Crippen molar-refractivity contribution in [1.82, 2.24) is 15.3 Å². The monoisotopic (exact) mass is 486 g/mol. The van der Waals surface area contributed by atoms with E-state index < -0.39 is 10.0 Å². The minimum atomic E-state index is -3.73. The fourth-order valence-electron chi connectivity index (χ4n) is 3.22. The van der Waals surface area contributed by atoms with Crippen LogP contribution in [0.25, 0.3) is 0 Å². The van der Waals surface area contributed by atoms with Gasteiger partial charge in [-0.25, -0.2) is 18.5 Å². The van der Waals surface area contributed by atoms with Crippen LogP contribution in [0.3, 0.4) is 0 Å². The van der Waals surface area contributed by atoms with E-state index in [4.69, 9.17) is 5.14 Å². The first-order chi connectivity index (χ1) is 15.6. The summed E-state index contributed by atoms with van der Waals surface area (Å²) >= 11 is 1.45. The molecule has 4 N–H and O–H groups in total. The Bertz CT molecular complexity index is 1270. The minimum Gasteiger partial charge on any atom is -0.355 e. The zero-order chi connectivity index (χ0) is 24.0. The number of aryl methyl sites for hydroxylation is 1. The lowest BCUT2D eigenvalue weighted by Gasteiger charge is -2.12. The highest BCUT2D eigenvalue weighted by atomic mass is 32.2. The van der Waals surface area contributed by atoms with Crippen LogP contribution in [-0.2, 0) is 27.7 Å². The molecular formula is C23H26N4O4S2. The van der Waals surface area contributed by atoms with E-state index in [0.717, 1.165) is 11.1 Å². The number of nitrogens with two attached hydrogens (primary N) is 1. The van der Waals surface area contributed by atoms with E-state index in [0.29, 0.717) is 29.4 Å². The van der Waals surface area contributed by atoms with Crippen molar-refractivity contribution >= 4 is 27.7 Å². The number of sulfonamides is 1. The molecule has 1 amide bonds. The van der Waals surface area contributed by atoms with Crippen molar-refractivity contribution in [3.05, 3.63) is 87.3 Å². The molecule has 174 valence electrons. The van der Waals surface area contributed by atoms with Crippen LogP contribution < -0.4 is 16.0 Å². The SMILES string of the molecule is Cc1nc(SC(C)c2ccccc2)[nH]c(=O)c1CC(=O)NCCc1ccc(S(N)(=O)=O)cc1. The molecule has 0 saturated heterocycles. The summed E-state index contributed by atoms with van der Waals surface area (Å²) in [6.45, 7) is 4.11. The lowest BCUT2D eigenvalue weighted by atomic mass is 10.1. The van der Waals surface area contributed by atoms with Crippen molar-refractivity contribution in [2.24, 2.45) is 5.14 Å². The number of primary sulfonamides is 1. The van der Waals surface area contributed by atoms with Gasteiger partial charge in [-0.15, -0.1) is 0 Å². The van der Waals surface area contributed by atoms with Gasteiger partial charge in [0.25, 0.3) is 5.56 Å². The normalized spacial score (nSPS) is 12.3. The number of thioether (sulfide) groups is 1. The lowest BCUT2D eigenvalue weighted by molar-refractivity contribution is -0.120. The molecular weight excluding hydrogens is 460 g/mol. The summed E-state index contributed by atoms with van der Waals surface area (Å²) in [5, 5.41) is 8.49. The van der Waals surface area contributed by atoms with E-state index >= 15 is 0 Å². The first kappa shape index (κ1) is 24.7.